The summed E-state index contributed by atoms with van der Waals surface area (Å²) >= 11 is 0. The number of carbonyl (C=O) groups is 1. The molecule has 1 fully saturated rings. The van der Waals surface area contributed by atoms with Gasteiger partial charge in [0.1, 0.15) is 11.5 Å². The van der Waals surface area contributed by atoms with E-state index in [1.807, 2.05) is 49.1 Å². The van der Waals surface area contributed by atoms with Gasteiger partial charge in [0.05, 0.1) is 7.11 Å². The zero-order valence-electron chi connectivity index (χ0n) is 18.7. The standard InChI is InChI=1S/C26H32N2O3/c1-4-28(5-2)25(30)19-8-6-18(7-9-19)22-17-26(10-12-27-13-11-26)16-20-14-21(29)15-23(31-3)24(20)22/h6-9,14-15,17,27,29H,4-5,10-13,16H2,1-3H3. The lowest BCUT2D eigenvalue weighted by atomic mass is 9.67. The first-order valence-corrected chi connectivity index (χ1v) is 11.2. The van der Waals surface area contributed by atoms with Crippen molar-refractivity contribution >= 4 is 11.5 Å². The van der Waals surface area contributed by atoms with Crippen LogP contribution in [0.2, 0.25) is 0 Å². The highest BCUT2D eigenvalue weighted by Gasteiger charge is 2.36. The van der Waals surface area contributed by atoms with Crippen molar-refractivity contribution < 1.29 is 14.6 Å². The fraction of sp³-hybridized carbons (Fsp3) is 0.423. The minimum atomic E-state index is 0.0619. The van der Waals surface area contributed by atoms with E-state index < -0.39 is 0 Å². The molecule has 2 aliphatic rings. The lowest BCUT2D eigenvalue weighted by molar-refractivity contribution is 0.0773. The number of phenols is 1. The summed E-state index contributed by atoms with van der Waals surface area (Å²) in [7, 11) is 1.65. The Morgan fingerprint density at radius 3 is 2.42 bits per heavy atom. The SMILES string of the molecule is CCN(CC)C(=O)c1ccc(C2=CC3(CCNCC3)Cc3cc(O)cc(OC)c32)cc1. The van der Waals surface area contributed by atoms with Crippen LogP contribution in [-0.2, 0) is 6.42 Å². The third kappa shape index (κ3) is 4.07. The van der Waals surface area contributed by atoms with E-state index in [1.165, 1.54) is 0 Å². The van der Waals surface area contributed by atoms with Crippen molar-refractivity contribution in [2.75, 3.05) is 33.3 Å². The Labute approximate surface area is 184 Å². The van der Waals surface area contributed by atoms with Gasteiger partial charge >= 0.3 is 0 Å². The normalized spacial score (nSPS) is 17.1. The van der Waals surface area contributed by atoms with Crippen LogP contribution >= 0.6 is 0 Å². The minimum absolute atomic E-state index is 0.0619. The van der Waals surface area contributed by atoms with E-state index in [0.29, 0.717) is 24.4 Å². The molecule has 2 aromatic rings. The first-order valence-electron chi connectivity index (χ1n) is 11.2. The second kappa shape index (κ2) is 8.75. The zero-order chi connectivity index (χ0) is 22.0. The molecule has 0 aromatic heterocycles. The molecule has 1 saturated heterocycles. The van der Waals surface area contributed by atoms with Gasteiger partial charge < -0.3 is 20.1 Å². The summed E-state index contributed by atoms with van der Waals surface area (Å²) in [5, 5.41) is 13.8. The van der Waals surface area contributed by atoms with Crippen molar-refractivity contribution in [1.82, 2.24) is 10.2 Å². The summed E-state index contributed by atoms with van der Waals surface area (Å²) in [5.74, 6) is 0.987. The van der Waals surface area contributed by atoms with Crippen molar-refractivity contribution in [2.45, 2.75) is 33.1 Å². The van der Waals surface area contributed by atoms with Crippen LogP contribution in [0.4, 0.5) is 0 Å². The second-order valence-electron chi connectivity index (χ2n) is 8.58. The number of amides is 1. The fourth-order valence-electron chi connectivity index (χ4n) is 5.03. The second-order valence-corrected chi connectivity index (χ2v) is 8.58. The number of aromatic hydroxyl groups is 1. The van der Waals surface area contributed by atoms with E-state index in [-0.39, 0.29) is 17.1 Å². The number of hydrogen-bond donors (Lipinski definition) is 2. The summed E-state index contributed by atoms with van der Waals surface area (Å²) in [5.41, 5.74) is 5.15. The molecule has 2 aromatic carbocycles. The summed E-state index contributed by atoms with van der Waals surface area (Å²) in [4.78, 5) is 14.6. The number of nitrogens with one attached hydrogen (secondary N) is 1. The number of benzene rings is 2. The van der Waals surface area contributed by atoms with Gasteiger partial charge in [-0.3, -0.25) is 4.79 Å². The monoisotopic (exact) mass is 420 g/mol. The molecule has 4 rings (SSSR count). The summed E-state index contributed by atoms with van der Waals surface area (Å²) in [6.45, 7) is 7.39. The Kier molecular flexibility index (Phi) is 6.05. The number of fused-ring (bicyclic) bond motifs is 1. The average molecular weight is 421 g/mol. The Balaban J connectivity index is 1.79. The van der Waals surface area contributed by atoms with Gasteiger partial charge in [-0.05, 0) is 86.5 Å². The van der Waals surface area contributed by atoms with Gasteiger partial charge in [-0.15, -0.1) is 0 Å². The van der Waals surface area contributed by atoms with Crippen LogP contribution < -0.4 is 10.1 Å². The van der Waals surface area contributed by atoms with E-state index in [9.17, 15) is 9.90 Å². The van der Waals surface area contributed by atoms with Gasteiger partial charge in [0.15, 0.2) is 0 Å². The number of rotatable bonds is 5. The number of phenolic OH excluding ortho intramolecular Hbond substituents is 1. The maximum atomic E-state index is 12.7. The van der Waals surface area contributed by atoms with E-state index in [1.54, 1.807) is 13.2 Å². The van der Waals surface area contributed by atoms with Crippen molar-refractivity contribution in [3.05, 3.63) is 64.7 Å². The minimum Gasteiger partial charge on any atom is -0.508 e. The molecular weight excluding hydrogens is 388 g/mol. The predicted octanol–water partition coefficient (Wildman–Crippen LogP) is 4.24. The van der Waals surface area contributed by atoms with Crippen LogP contribution in [0.1, 0.15) is 53.7 Å². The van der Waals surface area contributed by atoms with Gasteiger partial charge in [0, 0.05) is 30.3 Å². The lowest BCUT2D eigenvalue weighted by Gasteiger charge is -2.40. The van der Waals surface area contributed by atoms with Crippen molar-refractivity contribution in [3.8, 4) is 11.5 Å². The van der Waals surface area contributed by atoms with E-state index in [4.69, 9.17) is 4.74 Å². The lowest BCUT2D eigenvalue weighted by Crippen LogP contribution is -2.38. The van der Waals surface area contributed by atoms with Crippen LogP contribution in [0.3, 0.4) is 0 Å². The molecular formula is C26H32N2O3. The highest BCUT2D eigenvalue weighted by Crippen LogP contribution is 2.48. The number of hydrogen-bond acceptors (Lipinski definition) is 4. The quantitative estimate of drug-likeness (QED) is 0.760. The van der Waals surface area contributed by atoms with Crippen molar-refractivity contribution in [3.63, 3.8) is 0 Å². The molecule has 5 nitrogen and oxygen atoms in total. The molecule has 1 spiro atoms. The Bertz CT molecular complexity index is 984. The predicted molar refractivity (Wildman–Crippen MR) is 124 cm³/mol. The van der Waals surface area contributed by atoms with Gasteiger partial charge in [0.25, 0.3) is 5.91 Å². The zero-order valence-corrected chi connectivity index (χ0v) is 18.7. The van der Waals surface area contributed by atoms with E-state index in [2.05, 4.69) is 11.4 Å². The van der Waals surface area contributed by atoms with Gasteiger partial charge in [0.2, 0.25) is 0 Å². The number of carbonyl (C=O) groups excluding carboxylic acids is 1. The topological polar surface area (TPSA) is 61.8 Å². The third-order valence-corrected chi connectivity index (χ3v) is 6.74. The number of nitrogens with zero attached hydrogens (tertiary/aromatic N) is 1. The first-order chi connectivity index (χ1) is 15.0. The molecule has 0 atom stereocenters. The van der Waals surface area contributed by atoms with Gasteiger partial charge in [-0.2, -0.15) is 0 Å². The molecule has 1 aliphatic heterocycles. The van der Waals surface area contributed by atoms with E-state index in [0.717, 1.165) is 54.6 Å². The first kappa shape index (κ1) is 21.4. The van der Waals surface area contributed by atoms with Gasteiger partial charge in [-0.1, -0.05) is 18.2 Å². The van der Waals surface area contributed by atoms with Crippen molar-refractivity contribution in [2.24, 2.45) is 5.41 Å². The molecule has 1 heterocycles. The Hall–Kier alpha value is -2.79. The summed E-state index contributed by atoms with van der Waals surface area (Å²) < 4.78 is 5.67. The highest BCUT2D eigenvalue weighted by molar-refractivity contribution is 5.95. The molecule has 0 saturated carbocycles. The molecule has 1 amide bonds. The average Bonchev–Trinajstić information content (AvgIpc) is 2.79. The Morgan fingerprint density at radius 2 is 1.81 bits per heavy atom. The van der Waals surface area contributed by atoms with Crippen LogP contribution in [0.5, 0.6) is 11.5 Å². The molecule has 164 valence electrons. The molecule has 5 heteroatoms. The molecule has 1 aliphatic carbocycles. The van der Waals surface area contributed by atoms with Gasteiger partial charge in [-0.25, -0.2) is 0 Å². The fourth-order valence-corrected chi connectivity index (χ4v) is 5.03. The molecule has 0 radical (unpaired) electrons. The van der Waals surface area contributed by atoms with Crippen LogP contribution in [0, 0.1) is 5.41 Å². The largest absolute Gasteiger partial charge is 0.508 e. The smallest absolute Gasteiger partial charge is 0.253 e. The van der Waals surface area contributed by atoms with E-state index >= 15 is 0 Å². The summed E-state index contributed by atoms with van der Waals surface area (Å²) in [6, 6.07) is 11.5. The number of methoxy groups -OCH3 is 1. The van der Waals surface area contributed by atoms with Crippen LogP contribution in [0.25, 0.3) is 5.57 Å². The number of piperidine rings is 1. The molecule has 0 unspecified atom stereocenters. The maximum Gasteiger partial charge on any atom is 0.253 e. The van der Waals surface area contributed by atoms with Crippen molar-refractivity contribution in [1.29, 1.82) is 0 Å². The molecule has 0 bridgehead atoms. The number of ether oxygens (including phenoxy) is 1. The van der Waals surface area contributed by atoms with Crippen LogP contribution in [-0.4, -0.2) is 49.2 Å². The number of allylic oxidation sites excluding steroid dienone is 1. The van der Waals surface area contributed by atoms with Crippen LogP contribution in [0.15, 0.2) is 42.5 Å². The maximum absolute atomic E-state index is 12.7. The molecule has 2 N–H and O–H groups in total. The highest BCUT2D eigenvalue weighted by atomic mass is 16.5. The molecule has 31 heavy (non-hydrogen) atoms. The Morgan fingerprint density at radius 1 is 1.13 bits per heavy atom. The third-order valence-electron chi connectivity index (χ3n) is 6.74. The summed E-state index contributed by atoms with van der Waals surface area (Å²) in [6.07, 6.45) is 5.44.